The van der Waals surface area contributed by atoms with E-state index in [-0.39, 0.29) is 17.7 Å². The average molecular weight is 379 g/mol. The molecule has 0 unspecified atom stereocenters. The molecular weight excluding hydrogens is 352 g/mol. The van der Waals surface area contributed by atoms with Crippen molar-refractivity contribution < 1.29 is 14.3 Å². The standard InChI is InChI=1S/C20H27ClN2O3/c1-5-22(13-14(2)3)19(24)15-8-10-23(11-9-15)20(25)17-12-16(21)6-7-18(17)26-4/h6-7,12,15H,2,5,8-11,13H2,1,3-4H3. The Morgan fingerprint density at radius 3 is 2.54 bits per heavy atom. The first kappa shape index (κ1) is 20.3. The van der Waals surface area contributed by atoms with Crippen molar-refractivity contribution in [2.75, 3.05) is 33.3 Å². The van der Waals surface area contributed by atoms with Crippen LogP contribution in [0.3, 0.4) is 0 Å². The maximum absolute atomic E-state index is 12.8. The van der Waals surface area contributed by atoms with Crippen LogP contribution < -0.4 is 4.74 Å². The molecule has 0 atom stereocenters. The number of likely N-dealkylation sites (N-methyl/N-ethyl adjacent to an activating group) is 1. The number of halogens is 1. The fourth-order valence-electron chi connectivity index (χ4n) is 3.28. The van der Waals surface area contributed by atoms with Crippen molar-refractivity contribution in [3.05, 3.63) is 40.9 Å². The van der Waals surface area contributed by atoms with Crippen molar-refractivity contribution in [3.63, 3.8) is 0 Å². The van der Waals surface area contributed by atoms with Crippen molar-refractivity contribution in [2.24, 2.45) is 5.92 Å². The molecule has 142 valence electrons. The maximum Gasteiger partial charge on any atom is 0.257 e. The van der Waals surface area contributed by atoms with Gasteiger partial charge in [0.25, 0.3) is 5.91 Å². The SMILES string of the molecule is C=C(C)CN(CC)C(=O)C1CCN(C(=O)c2cc(Cl)ccc2OC)CC1. The van der Waals surface area contributed by atoms with Crippen LogP contribution in [0, 0.1) is 5.92 Å². The van der Waals surface area contributed by atoms with E-state index in [2.05, 4.69) is 6.58 Å². The Morgan fingerprint density at radius 1 is 1.35 bits per heavy atom. The smallest absolute Gasteiger partial charge is 0.257 e. The van der Waals surface area contributed by atoms with Crippen molar-refractivity contribution >= 4 is 23.4 Å². The third-order valence-electron chi connectivity index (χ3n) is 4.68. The van der Waals surface area contributed by atoms with Gasteiger partial charge in [0.05, 0.1) is 12.7 Å². The van der Waals surface area contributed by atoms with Gasteiger partial charge in [-0.3, -0.25) is 9.59 Å². The minimum Gasteiger partial charge on any atom is -0.496 e. The van der Waals surface area contributed by atoms with E-state index >= 15 is 0 Å². The fraction of sp³-hybridized carbons (Fsp3) is 0.500. The average Bonchev–Trinajstić information content (AvgIpc) is 2.64. The summed E-state index contributed by atoms with van der Waals surface area (Å²) in [6, 6.07) is 5.03. The second-order valence-electron chi connectivity index (χ2n) is 6.72. The molecule has 5 nitrogen and oxygen atoms in total. The van der Waals surface area contributed by atoms with Crippen molar-refractivity contribution in [2.45, 2.75) is 26.7 Å². The summed E-state index contributed by atoms with van der Waals surface area (Å²) in [7, 11) is 1.53. The number of nitrogens with zero attached hydrogens (tertiary/aromatic N) is 2. The monoisotopic (exact) mass is 378 g/mol. The molecule has 6 heteroatoms. The second-order valence-corrected chi connectivity index (χ2v) is 7.16. The number of amides is 2. The maximum atomic E-state index is 12.8. The molecule has 1 aliphatic rings. The van der Waals surface area contributed by atoms with E-state index in [0.29, 0.717) is 55.4 Å². The number of ether oxygens (including phenoxy) is 1. The van der Waals surface area contributed by atoms with Gasteiger partial charge < -0.3 is 14.5 Å². The molecule has 0 saturated carbocycles. The number of carbonyl (C=O) groups excluding carboxylic acids is 2. The van der Waals surface area contributed by atoms with Gasteiger partial charge >= 0.3 is 0 Å². The number of carbonyl (C=O) groups is 2. The Morgan fingerprint density at radius 2 is 2.00 bits per heavy atom. The molecule has 1 aromatic rings. The summed E-state index contributed by atoms with van der Waals surface area (Å²) in [5.41, 5.74) is 1.43. The summed E-state index contributed by atoms with van der Waals surface area (Å²) in [5, 5.41) is 0.498. The Bertz CT molecular complexity index is 682. The zero-order chi connectivity index (χ0) is 19.3. The quantitative estimate of drug-likeness (QED) is 0.710. The first-order valence-electron chi connectivity index (χ1n) is 8.93. The van der Waals surface area contributed by atoms with Crippen LogP contribution in [0.5, 0.6) is 5.75 Å². The van der Waals surface area contributed by atoms with E-state index in [1.807, 2.05) is 18.7 Å². The van der Waals surface area contributed by atoms with E-state index in [4.69, 9.17) is 16.3 Å². The molecule has 0 spiro atoms. The lowest BCUT2D eigenvalue weighted by Crippen LogP contribution is -2.44. The molecule has 26 heavy (non-hydrogen) atoms. The highest BCUT2D eigenvalue weighted by atomic mass is 35.5. The molecule has 1 aromatic carbocycles. The zero-order valence-electron chi connectivity index (χ0n) is 15.8. The predicted molar refractivity (Wildman–Crippen MR) is 104 cm³/mol. The van der Waals surface area contributed by atoms with Gasteiger partial charge in [-0.15, -0.1) is 0 Å². The highest BCUT2D eigenvalue weighted by Gasteiger charge is 2.31. The van der Waals surface area contributed by atoms with Gasteiger partial charge in [-0.05, 0) is 44.9 Å². The van der Waals surface area contributed by atoms with Crippen LogP contribution in [0.1, 0.15) is 37.0 Å². The molecule has 0 bridgehead atoms. The lowest BCUT2D eigenvalue weighted by Gasteiger charge is -2.34. The normalized spacial score (nSPS) is 14.8. The minimum atomic E-state index is -0.107. The topological polar surface area (TPSA) is 49.9 Å². The summed E-state index contributed by atoms with van der Waals surface area (Å²) in [5.74, 6) is 0.517. The van der Waals surface area contributed by atoms with E-state index in [9.17, 15) is 9.59 Å². The van der Waals surface area contributed by atoms with E-state index < -0.39 is 0 Å². The number of hydrogen-bond donors (Lipinski definition) is 0. The number of methoxy groups -OCH3 is 1. The Kier molecular flexibility index (Phi) is 7.09. The van der Waals surface area contributed by atoms with Gasteiger partial charge in [0.15, 0.2) is 0 Å². The highest BCUT2D eigenvalue weighted by molar-refractivity contribution is 6.31. The van der Waals surface area contributed by atoms with Gasteiger partial charge in [-0.25, -0.2) is 0 Å². The van der Waals surface area contributed by atoms with E-state index in [0.717, 1.165) is 5.57 Å². The third kappa shape index (κ3) is 4.79. The molecule has 0 aliphatic carbocycles. The lowest BCUT2D eigenvalue weighted by molar-refractivity contribution is -0.136. The third-order valence-corrected chi connectivity index (χ3v) is 4.91. The van der Waals surface area contributed by atoms with Gasteiger partial charge in [0.1, 0.15) is 5.75 Å². The number of hydrogen-bond acceptors (Lipinski definition) is 3. The van der Waals surface area contributed by atoms with E-state index in [1.54, 1.807) is 23.1 Å². The summed E-state index contributed by atoms with van der Waals surface area (Å²) >= 11 is 6.03. The Hall–Kier alpha value is -2.01. The summed E-state index contributed by atoms with van der Waals surface area (Å²) in [6.07, 6.45) is 1.33. The van der Waals surface area contributed by atoms with Crippen LogP contribution in [-0.2, 0) is 4.79 Å². The van der Waals surface area contributed by atoms with Crippen molar-refractivity contribution in [1.82, 2.24) is 9.80 Å². The summed E-state index contributed by atoms with van der Waals surface area (Å²) < 4.78 is 5.28. The molecule has 1 fully saturated rings. The number of piperidine rings is 1. The molecule has 2 amide bonds. The van der Waals surface area contributed by atoms with Crippen LogP contribution in [0.25, 0.3) is 0 Å². The first-order valence-corrected chi connectivity index (χ1v) is 9.31. The number of rotatable bonds is 6. The Balaban J connectivity index is 2.02. The zero-order valence-corrected chi connectivity index (χ0v) is 16.5. The van der Waals surface area contributed by atoms with Crippen LogP contribution in [0.4, 0.5) is 0 Å². The molecule has 1 saturated heterocycles. The lowest BCUT2D eigenvalue weighted by atomic mass is 9.94. The second kappa shape index (κ2) is 9.08. The summed E-state index contributed by atoms with van der Waals surface area (Å²) in [6.45, 7) is 10.2. The summed E-state index contributed by atoms with van der Waals surface area (Å²) in [4.78, 5) is 29.1. The van der Waals surface area contributed by atoms with Crippen LogP contribution in [0.15, 0.2) is 30.4 Å². The van der Waals surface area contributed by atoms with Crippen molar-refractivity contribution in [1.29, 1.82) is 0 Å². The van der Waals surface area contributed by atoms with Crippen LogP contribution >= 0.6 is 11.6 Å². The molecule has 2 rings (SSSR count). The number of likely N-dealkylation sites (tertiary alicyclic amines) is 1. The molecule has 1 heterocycles. The highest BCUT2D eigenvalue weighted by Crippen LogP contribution is 2.27. The van der Waals surface area contributed by atoms with Crippen LogP contribution in [0.2, 0.25) is 5.02 Å². The van der Waals surface area contributed by atoms with Gasteiger partial charge in [0.2, 0.25) is 5.91 Å². The first-order chi connectivity index (χ1) is 12.4. The minimum absolute atomic E-state index is 0.0420. The molecule has 0 aromatic heterocycles. The number of benzene rings is 1. The predicted octanol–water partition coefficient (Wildman–Crippen LogP) is 3.63. The largest absolute Gasteiger partial charge is 0.496 e. The molecule has 1 aliphatic heterocycles. The Labute approximate surface area is 160 Å². The van der Waals surface area contributed by atoms with Gasteiger partial charge in [-0.1, -0.05) is 23.8 Å². The van der Waals surface area contributed by atoms with E-state index in [1.165, 1.54) is 7.11 Å². The molecule has 0 N–H and O–H groups in total. The van der Waals surface area contributed by atoms with Gasteiger partial charge in [0, 0.05) is 37.1 Å². The van der Waals surface area contributed by atoms with Crippen LogP contribution in [-0.4, -0.2) is 54.9 Å². The fourth-order valence-corrected chi connectivity index (χ4v) is 3.45. The van der Waals surface area contributed by atoms with Crippen molar-refractivity contribution in [3.8, 4) is 5.75 Å². The molecule has 0 radical (unpaired) electrons. The van der Waals surface area contributed by atoms with Gasteiger partial charge in [-0.2, -0.15) is 0 Å². The molecular formula is C20H27ClN2O3.